The smallest absolute Gasteiger partial charge is 0.234 e. The third-order valence-electron chi connectivity index (χ3n) is 11.1. The van der Waals surface area contributed by atoms with Crippen molar-refractivity contribution in [2.45, 2.75) is 278 Å². The molecule has 1 heterocycles. The molecule has 0 fully saturated rings. The van der Waals surface area contributed by atoms with Gasteiger partial charge in [-0.2, -0.15) is 0 Å². The molecule has 1 aromatic heterocycles. The lowest BCUT2D eigenvalue weighted by Crippen LogP contribution is -2.37. The molecule has 2 nitrogen and oxygen atoms in total. The Morgan fingerprint density at radius 2 is 0.646 bits per heavy atom. The summed E-state index contributed by atoms with van der Waals surface area (Å²) in [5.41, 5.74) is 0. The summed E-state index contributed by atoms with van der Waals surface area (Å²) in [5.74, 6) is 1.62. The van der Waals surface area contributed by atoms with E-state index >= 15 is 0 Å². The van der Waals surface area contributed by atoms with Gasteiger partial charge < -0.3 is 0 Å². The van der Waals surface area contributed by atoms with E-state index in [1.807, 2.05) is 0 Å². The fraction of sp³-hybridized carbons (Fsp3) is 0.935. The van der Waals surface area contributed by atoms with E-state index < -0.39 is 0 Å². The van der Waals surface area contributed by atoms with Crippen LogP contribution in [0.25, 0.3) is 0 Å². The van der Waals surface area contributed by atoms with E-state index in [9.17, 15) is 0 Å². The average Bonchev–Trinajstić information content (AvgIpc) is 3.48. The van der Waals surface area contributed by atoms with Crippen molar-refractivity contribution in [2.75, 3.05) is 0 Å². The monoisotopic (exact) mass is 672 g/mol. The zero-order valence-corrected chi connectivity index (χ0v) is 33.8. The lowest BCUT2D eigenvalue weighted by atomic mass is 10.0. The number of imidazole rings is 1. The summed E-state index contributed by atoms with van der Waals surface area (Å²) >= 11 is 0. The highest BCUT2D eigenvalue weighted by molar-refractivity contribution is 4.84. The number of aryl methyl sites for hydroxylation is 2. The van der Waals surface area contributed by atoms with Crippen molar-refractivity contribution in [1.29, 1.82) is 0 Å². The Bertz CT molecular complexity index is 736. The number of aromatic nitrogens is 2. The first-order valence-corrected chi connectivity index (χ1v) is 22.9. The lowest BCUT2D eigenvalue weighted by Gasteiger charge is -2.07. The maximum absolute atomic E-state index is 2.64. The minimum Gasteiger partial charge on any atom is -0.234 e. The van der Waals surface area contributed by atoms with Crippen molar-refractivity contribution in [2.24, 2.45) is 0 Å². The third-order valence-corrected chi connectivity index (χ3v) is 11.1. The van der Waals surface area contributed by atoms with E-state index in [0.29, 0.717) is 0 Å². The molecule has 0 amide bonds. The van der Waals surface area contributed by atoms with E-state index in [-0.39, 0.29) is 0 Å². The zero-order valence-electron chi connectivity index (χ0n) is 33.8. The fourth-order valence-corrected chi connectivity index (χ4v) is 7.74. The Morgan fingerprint density at radius 1 is 0.354 bits per heavy atom. The molecule has 284 valence electrons. The van der Waals surface area contributed by atoms with Gasteiger partial charge >= 0.3 is 0 Å². The van der Waals surface area contributed by atoms with Crippen LogP contribution in [0, 0.1) is 0 Å². The molecule has 48 heavy (non-hydrogen) atoms. The standard InChI is InChI=1S/C46H91N2/c1-4-7-10-13-15-17-19-21-23-24-26-28-30-32-34-37-40-43-48-45-44-47(46(48)41-38-35-12-9-6-3)42-39-36-33-31-29-27-25-22-20-18-16-14-11-8-5-2/h44-45H,4-43H2,1-3H3/q+1. The molecule has 0 saturated heterocycles. The second kappa shape index (κ2) is 37.5. The van der Waals surface area contributed by atoms with E-state index in [1.165, 1.54) is 257 Å². The predicted molar refractivity (Wildman–Crippen MR) is 216 cm³/mol. The molecule has 0 radical (unpaired) electrons. The normalized spacial score (nSPS) is 11.6. The number of nitrogens with zero attached hydrogens (tertiary/aromatic N) is 2. The molecule has 0 atom stereocenters. The Labute approximate surface area is 304 Å². The number of unbranched alkanes of at least 4 members (excludes halogenated alkanes) is 34. The minimum absolute atomic E-state index is 1.23. The molecule has 0 bridgehead atoms. The van der Waals surface area contributed by atoms with Crippen LogP contribution >= 0.6 is 0 Å². The summed E-state index contributed by atoms with van der Waals surface area (Å²) in [6.07, 6.45) is 59.4. The molecular weight excluding hydrogens is 581 g/mol. The van der Waals surface area contributed by atoms with Crippen molar-refractivity contribution in [1.82, 2.24) is 4.57 Å². The van der Waals surface area contributed by atoms with Crippen molar-refractivity contribution >= 4 is 0 Å². The highest BCUT2D eigenvalue weighted by atomic mass is 15.1. The van der Waals surface area contributed by atoms with Gasteiger partial charge in [0.15, 0.2) is 0 Å². The fourth-order valence-electron chi connectivity index (χ4n) is 7.74. The maximum Gasteiger partial charge on any atom is 0.256 e. The van der Waals surface area contributed by atoms with Gasteiger partial charge in [-0.1, -0.05) is 226 Å². The molecule has 0 N–H and O–H groups in total. The summed E-state index contributed by atoms with van der Waals surface area (Å²) in [5, 5.41) is 0. The summed E-state index contributed by atoms with van der Waals surface area (Å²) in [7, 11) is 0. The maximum atomic E-state index is 2.64. The van der Waals surface area contributed by atoms with Crippen LogP contribution in [-0.2, 0) is 19.5 Å². The highest BCUT2D eigenvalue weighted by Gasteiger charge is 2.16. The summed E-state index contributed by atoms with van der Waals surface area (Å²) in [4.78, 5) is 0. The first-order valence-electron chi connectivity index (χ1n) is 22.9. The van der Waals surface area contributed by atoms with E-state index in [2.05, 4.69) is 42.3 Å². The Balaban J connectivity index is 2.12. The molecule has 0 unspecified atom stereocenters. The Morgan fingerprint density at radius 3 is 1.00 bits per heavy atom. The molecule has 1 aromatic rings. The van der Waals surface area contributed by atoms with Crippen LogP contribution in [0.3, 0.4) is 0 Å². The van der Waals surface area contributed by atoms with Crippen molar-refractivity contribution in [3.63, 3.8) is 0 Å². The van der Waals surface area contributed by atoms with E-state index in [1.54, 1.807) is 5.82 Å². The number of hydrogen-bond donors (Lipinski definition) is 0. The molecular formula is C46H91N2+. The van der Waals surface area contributed by atoms with Crippen LogP contribution in [0.4, 0.5) is 0 Å². The molecule has 0 aliphatic heterocycles. The molecule has 0 aliphatic rings. The van der Waals surface area contributed by atoms with Gasteiger partial charge in [-0.3, -0.25) is 0 Å². The Hall–Kier alpha value is -0.790. The molecule has 0 aliphatic carbocycles. The molecule has 0 aromatic carbocycles. The van der Waals surface area contributed by atoms with Crippen LogP contribution in [0.2, 0.25) is 0 Å². The topological polar surface area (TPSA) is 8.81 Å². The second-order valence-corrected chi connectivity index (χ2v) is 15.9. The number of hydrogen-bond acceptors (Lipinski definition) is 0. The van der Waals surface area contributed by atoms with Crippen LogP contribution in [0.15, 0.2) is 12.4 Å². The summed E-state index contributed by atoms with van der Waals surface area (Å²) in [6, 6.07) is 0. The van der Waals surface area contributed by atoms with Gasteiger partial charge in [0.05, 0.1) is 13.1 Å². The lowest BCUT2D eigenvalue weighted by molar-refractivity contribution is -0.704. The highest BCUT2D eigenvalue weighted by Crippen LogP contribution is 2.16. The quantitative estimate of drug-likeness (QED) is 0.0485. The van der Waals surface area contributed by atoms with Crippen LogP contribution < -0.4 is 4.57 Å². The SMILES string of the molecule is CCCCCCCCCCCCCCCCCCC[n+]1ccn(CCCCCCCCCCCCCCCCC)c1CCCCCCC. The van der Waals surface area contributed by atoms with Gasteiger partial charge in [0.1, 0.15) is 12.4 Å². The van der Waals surface area contributed by atoms with Crippen LogP contribution in [-0.4, -0.2) is 4.57 Å². The predicted octanol–water partition coefficient (Wildman–Crippen LogP) is 15.8. The average molecular weight is 672 g/mol. The van der Waals surface area contributed by atoms with Gasteiger partial charge in [0, 0.05) is 6.42 Å². The van der Waals surface area contributed by atoms with Gasteiger partial charge in [0.2, 0.25) is 0 Å². The largest absolute Gasteiger partial charge is 0.256 e. The number of rotatable bonds is 40. The zero-order chi connectivity index (χ0) is 34.4. The van der Waals surface area contributed by atoms with Crippen LogP contribution in [0.5, 0.6) is 0 Å². The van der Waals surface area contributed by atoms with Gasteiger partial charge in [-0.15, -0.1) is 0 Å². The van der Waals surface area contributed by atoms with E-state index in [0.717, 1.165) is 0 Å². The first-order chi connectivity index (χ1) is 23.8. The van der Waals surface area contributed by atoms with Gasteiger partial charge in [0.25, 0.3) is 5.82 Å². The molecule has 0 spiro atoms. The van der Waals surface area contributed by atoms with Crippen molar-refractivity contribution in [3.05, 3.63) is 18.2 Å². The first kappa shape index (κ1) is 45.2. The molecule has 2 heteroatoms. The van der Waals surface area contributed by atoms with Crippen LogP contribution in [0.1, 0.15) is 264 Å². The summed E-state index contributed by atoms with van der Waals surface area (Å²) < 4.78 is 5.27. The summed E-state index contributed by atoms with van der Waals surface area (Å²) in [6.45, 7) is 9.41. The van der Waals surface area contributed by atoms with Gasteiger partial charge in [-0.25, -0.2) is 9.13 Å². The van der Waals surface area contributed by atoms with E-state index in [4.69, 9.17) is 0 Å². The Kier molecular flexibility index (Phi) is 35.3. The molecule has 0 saturated carbocycles. The second-order valence-electron chi connectivity index (χ2n) is 15.9. The third kappa shape index (κ3) is 29.0. The van der Waals surface area contributed by atoms with Gasteiger partial charge in [-0.05, 0) is 32.1 Å². The van der Waals surface area contributed by atoms with Crippen molar-refractivity contribution in [3.8, 4) is 0 Å². The minimum atomic E-state index is 1.23. The molecule has 1 rings (SSSR count). The van der Waals surface area contributed by atoms with Crippen molar-refractivity contribution < 1.29 is 4.57 Å².